The average Bonchev–Trinajstić information content (AvgIpc) is 1.85. The number of carbonyl (C=O) groups is 1. The monoisotopic (exact) mass is 160 g/mol. The van der Waals surface area contributed by atoms with E-state index in [4.69, 9.17) is 0 Å². The summed E-state index contributed by atoms with van der Waals surface area (Å²) in [4.78, 5) is 10.8. The summed E-state index contributed by atoms with van der Waals surface area (Å²) < 4.78 is 0. The van der Waals surface area contributed by atoms with Crippen LogP contribution in [0.4, 0.5) is 0 Å². The molecular weight excluding hydrogens is 144 g/mol. The zero-order valence-corrected chi connectivity index (χ0v) is 7.46. The van der Waals surface area contributed by atoms with Crippen LogP contribution in [0.25, 0.3) is 0 Å². The molecule has 0 radical (unpaired) electrons. The fraction of sp³-hybridized carbons (Fsp3) is 0.875. The van der Waals surface area contributed by atoms with Crippen molar-refractivity contribution in [1.82, 2.24) is 0 Å². The number of aliphatic hydroxyl groups is 2. The zero-order chi connectivity index (χ0) is 9.23. The number of Topliss-reactive ketones (excluding diaryl/α,β-unsaturated/α-hetero) is 1. The standard InChI is InChI=1S/C8H16O3/c1-5(2)7(10)8(4,11)6(3)9/h5,7,10-11H,1-4H3/t7-,8+/m0/s1. The highest BCUT2D eigenvalue weighted by molar-refractivity contribution is 5.84. The van der Waals surface area contributed by atoms with Crippen LogP contribution in [0.15, 0.2) is 0 Å². The van der Waals surface area contributed by atoms with Crippen molar-refractivity contribution in [2.24, 2.45) is 5.92 Å². The maximum Gasteiger partial charge on any atom is 0.163 e. The van der Waals surface area contributed by atoms with Crippen LogP contribution in [0, 0.1) is 5.92 Å². The molecule has 0 aromatic heterocycles. The Kier molecular flexibility index (Phi) is 3.20. The molecule has 0 aromatic carbocycles. The molecule has 0 fully saturated rings. The van der Waals surface area contributed by atoms with E-state index in [0.717, 1.165) is 0 Å². The number of hydrogen-bond donors (Lipinski definition) is 2. The van der Waals surface area contributed by atoms with Gasteiger partial charge in [-0.15, -0.1) is 0 Å². The summed E-state index contributed by atoms with van der Waals surface area (Å²) >= 11 is 0. The highest BCUT2D eigenvalue weighted by Crippen LogP contribution is 2.17. The third-order valence-corrected chi connectivity index (χ3v) is 1.92. The summed E-state index contributed by atoms with van der Waals surface area (Å²) in [5, 5.41) is 18.8. The van der Waals surface area contributed by atoms with Crippen molar-refractivity contribution in [2.45, 2.75) is 39.4 Å². The second-order valence-electron chi connectivity index (χ2n) is 3.39. The third kappa shape index (κ3) is 2.27. The Morgan fingerprint density at radius 3 is 1.91 bits per heavy atom. The Morgan fingerprint density at radius 1 is 1.45 bits per heavy atom. The highest BCUT2D eigenvalue weighted by Gasteiger charge is 2.36. The van der Waals surface area contributed by atoms with Gasteiger partial charge in [0.25, 0.3) is 0 Å². The Balaban J connectivity index is 4.42. The molecule has 0 heterocycles. The zero-order valence-electron chi connectivity index (χ0n) is 7.46. The van der Waals surface area contributed by atoms with Crippen molar-refractivity contribution in [1.29, 1.82) is 0 Å². The number of hydrogen-bond acceptors (Lipinski definition) is 3. The van der Waals surface area contributed by atoms with Crippen LogP contribution in [-0.4, -0.2) is 27.7 Å². The first-order chi connectivity index (χ1) is 4.80. The lowest BCUT2D eigenvalue weighted by Crippen LogP contribution is -2.48. The molecule has 0 aliphatic carbocycles. The van der Waals surface area contributed by atoms with Gasteiger partial charge in [-0.05, 0) is 19.8 Å². The molecule has 0 aliphatic rings. The number of carbonyl (C=O) groups excluding carboxylic acids is 1. The molecule has 2 N–H and O–H groups in total. The van der Waals surface area contributed by atoms with E-state index < -0.39 is 17.5 Å². The van der Waals surface area contributed by atoms with Gasteiger partial charge in [-0.3, -0.25) is 4.79 Å². The topological polar surface area (TPSA) is 57.5 Å². The predicted octanol–water partition coefficient (Wildman–Crippen LogP) is 0.343. The Morgan fingerprint density at radius 2 is 1.82 bits per heavy atom. The van der Waals surface area contributed by atoms with Gasteiger partial charge in [0.15, 0.2) is 5.78 Å². The lowest BCUT2D eigenvalue weighted by Gasteiger charge is -2.28. The molecule has 0 unspecified atom stereocenters. The lowest BCUT2D eigenvalue weighted by atomic mass is 9.88. The van der Waals surface area contributed by atoms with Crippen LogP contribution in [0.5, 0.6) is 0 Å². The Labute approximate surface area is 67.0 Å². The molecule has 2 atom stereocenters. The second-order valence-corrected chi connectivity index (χ2v) is 3.39. The molecule has 0 aromatic rings. The molecular formula is C8H16O3. The number of aliphatic hydroxyl groups excluding tert-OH is 1. The maximum absolute atomic E-state index is 10.8. The summed E-state index contributed by atoms with van der Waals surface area (Å²) in [7, 11) is 0. The quantitative estimate of drug-likeness (QED) is 0.626. The molecule has 0 amide bonds. The number of rotatable bonds is 3. The summed E-state index contributed by atoms with van der Waals surface area (Å²) in [6.45, 7) is 6.11. The fourth-order valence-electron chi connectivity index (χ4n) is 0.857. The Bertz CT molecular complexity index is 149. The van der Waals surface area contributed by atoms with Crippen LogP contribution in [0.2, 0.25) is 0 Å². The van der Waals surface area contributed by atoms with E-state index >= 15 is 0 Å². The normalized spacial score (nSPS) is 19.5. The molecule has 0 bridgehead atoms. The van der Waals surface area contributed by atoms with Gasteiger partial charge >= 0.3 is 0 Å². The summed E-state index contributed by atoms with van der Waals surface area (Å²) in [5.41, 5.74) is -1.60. The number of ketones is 1. The first-order valence-corrected chi connectivity index (χ1v) is 3.71. The fourth-order valence-corrected chi connectivity index (χ4v) is 0.857. The van der Waals surface area contributed by atoms with Crippen LogP contribution >= 0.6 is 0 Å². The summed E-state index contributed by atoms with van der Waals surface area (Å²) in [6.07, 6.45) is -0.986. The molecule has 3 nitrogen and oxygen atoms in total. The molecule has 3 heteroatoms. The van der Waals surface area contributed by atoms with E-state index in [9.17, 15) is 15.0 Å². The maximum atomic E-state index is 10.8. The van der Waals surface area contributed by atoms with Crippen molar-refractivity contribution in [3.63, 3.8) is 0 Å². The predicted molar refractivity (Wildman–Crippen MR) is 42.1 cm³/mol. The van der Waals surface area contributed by atoms with Crippen molar-refractivity contribution in [3.8, 4) is 0 Å². The smallest absolute Gasteiger partial charge is 0.163 e. The molecule has 0 saturated heterocycles. The molecule has 0 aliphatic heterocycles. The molecule has 66 valence electrons. The van der Waals surface area contributed by atoms with Crippen molar-refractivity contribution in [3.05, 3.63) is 0 Å². The van der Waals surface area contributed by atoms with Crippen molar-refractivity contribution < 1.29 is 15.0 Å². The van der Waals surface area contributed by atoms with Gasteiger partial charge in [-0.2, -0.15) is 0 Å². The van der Waals surface area contributed by atoms with E-state index in [1.54, 1.807) is 13.8 Å². The van der Waals surface area contributed by atoms with E-state index in [0.29, 0.717) is 0 Å². The molecule has 0 saturated carbocycles. The van der Waals surface area contributed by atoms with Gasteiger partial charge in [0.2, 0.25) is 0 Å². The van der Waals surface area contributed by atoms with Crippen LogP contribution < -0.4 is 0 Å². The van der Waals surface area contributed by atoms with Gasteiger partial charge in [-0.1, -0.05) is 13.8 Å². The van der Waals surface area contributed by atoms with Crippen molar-refractivity contribution >= 4 is 5.78 Å². The second kappa shape index (κ2) is 3.32. The average molecular weight is 160 g/mol. The molecule has 0 rings (SSSR count). The van der Waals surface area contributed by atoms with Crippen LogP contribution in [0.1, 0.15) is 27.7 Å². The first-order valence-electron chi connectivity index (χ1n) is 3.71. The first kappa shape index (κ1) is 10.6. The van der Waals surface area contributed by atoms with Gasteiger partial charge in [-0.25, -0.2) is 0 Å². The van der Waals surface area contributed by atoms with Crippen molar-refractivity contribution in [2.75, 3.05) is 0 Å². The molecule has 11 heavy (non-hydrogen) atoms. The van der Waals surface area contributed by atoms with E-state index in [1.165, 1.54) is 13.8 Å². The summed E-state index contributed by atoms with van der Waals surface area (Å²) in [5.74, 6) is -0.521. The van der Waals surface area contributed by atoms with E-state index in [-0.39, 0.29) is 5.92 Å². The minimum Gasteiger partial charge on any atom is -0.389 e. The van der Waals surface area contributed by atoms with E-state index in [2.05, 4.69) is 0 Å². The minimum atomic E-state index is -1.60. The highest BCUT2D eigenvalue weighted by atomic mass is 16.3. The molecule has 0 spiro atoms. The van der Waals surface area contributed by atoms with Gasteiger partial charge < -0.3 is 10.2 Å². The van der Waals surface area contributed by atoms with Gasteiger partial charge in [0.1, 0.15) is 5.60 Å². The minimum absolute atomic E-state index is 0.117. The largest absolute Gasteiger partial charge is 0.389 e. The van der Waals surface area contributed by atoms with E-state index in [1.807, 2.05) is 0 Å². The lowest BCUT2D eigenvalue weighted by molar-refractivity contribution is -0.148. The van der Waals surface area contributed by atoms with Gasteiger partial charge in [0, 0.05) is 0 Å². The Hall–Kier alpha value is -0.410. The third-order valence-electron chi connectivity index (χ3n) is 1.92. The van der Waals surface area contributed by atoms with Gasteiger partial charge in [0.05, 0.1) is 6.10 Å². The van der Waals surface area contributed by atoms with Crippen LogP contribution in [-0.2, 0) is 4.79 Å². The SMILES string of the molecule is CC(=O)[C@@](C)(O)[C@@H](O)C(C)C. The van der Waals surface area contributed by atoms with Crippen LogP contribution in [0.3, 0.4) is 0 Å². The summed E-state index contributed by atoms with van der Waals surface area (Å²) in [6, 6.07) is 0.